The van der Waals surface area contributed by atoms with Gasteiger partial charge in [0.1, 0.15) is 0 Å². The van der Waals surface area contributed by atoms with Crippen molar-refractivity contribution in [2.24, 2.45) is 0 Å². The highest BCUT2D eigenvalue weighted by atomic mass is 16.1. The fourth-order valence-corrected chi connectivity index (χ4v) is 2.63. The molecule has 1 unspecified atom stereocenters. The maximum atomic E-state index is 11.7. The zero-order chi connectivity index (χ0) is 9.54. The van der Waals surface area contributed by atoms with E-state index in [1.54, 1.807) is 6.07 Å². The predicted octanol–water partition coefficient (Wildman–Crippen LogP) is 0.698. The number of fused-ring (bicyclic) bond motifs is 2. The number of aromatic nitrogens is 1. The average Bonchev–Trinajstić information content (AvgIpc) is 2.49. The Morgan fingerprint density at radius 1 is 1.36 bits per heavy atom. The molecule has 3 nitrogen and oxygen atoms in total. The Labute approximate surface area is 82.8 Å². The normalized spacial score (nSPS) is 29.7. The number of hydrogen-bond acceptors (Lipinski definition) is 2. The highest BCUT2D eigenvalue weighted by Crippen LogP contribution is 2.28. The van der Waals surface area contributed by atoms with Crippen LogP contribution in [0.2, 0.25) is 0 Å². The van der Waals surface area contributed by atoms with Crippen LogP contribution < -0.4 is 10.9 Å². The molecule has 1 saturated heterocycles. The molecule has 0 aromatic carbocycles. The van der Waals surface area contributed by atoms with Crippen molar-refractivity contribution in [3.63, 3.8) is 0 Å². The van der Waals surface area contributed by atoms with Crippen molar-refractivity contribution in [3.05, 3.63) is 34.2 Å². The standard InChI is InChI=1S/C11H14N2O/c14-11-3-1-2-10-8-4-5-9(12-6-8)7-13(10)11/h1-3,8-9,12H,4-7H2/t8-,9?/m1/s1. The van der Waals surface area contributed by atoms with Gasteiger partial charge in [-0.3, -0.25) is 4.79 Å². The smallest absolute Gasteiger partial charge is 0.250 e. The minimum atomic E-state index is 0.156. The van der Waals surface area contributed by atoms with Gasteiger partial charge in [-0.15, -0.1) is 0 Å². The van der Waals surface area contributed by atoms with Crippen LogP contribution >= 0.6 is 0 Å². The summed E-state index contributed by atoms with van der Waals surface area (Å²) in [6.45, 7) is 1.89. The molecule has 0 spiro atoms. The van der Waals surface area contributed by atoms with E-state index in [1.165, 1.54) is 18.5 Å². The van der Waals surface area contributed by atoms with Crippen LogP contribution in [0.1, 0.15) is 24.5 Å². The predicted molar refractivity (Wildman–Crippen MR) is 54.5 cm³/mol. The maximum Gasteiger partial charge on any atom is 0.250 e. The summed E-state index contributed by atoms with van der Waals surface area (Å²) < 4.78 is 1.95. The Bertz CT molecular complexity index is 402. The van der Waals surface area contributed by atoms with E-state index >= 15 is 0 Å². The third-order valence-corrected chi connectivity index (χ3v) is 3.42. The average molecular weight is 190 g/mol. The van der Waals surface area contributed by atoms with Crippen molar-refractivity contribution in [2.45, 2.75) is 31.3 Å². The Morgan fingerprint density at radius 3 is 3.07 bits per heavy atom. The molecule has 3 aliphatic heterocycles. The number of hydrogen-bond donors (Lipinski definition) is 1. The third-order valence-electron chi connectivity index (χ3n) is 3.42. The summed E-state index contributed by atoms with van der Waals surface area (Å²) in [7, 11) is 0. The molecule has 0 saturated carbocycles. The van der Waals surface area contributed by atoms with Crippen molar-refractivity contribution < 1.29 is 0 Å². The first-order chi connectivity index (χ1) is 6.84. The van der Waals surface area contributed by atoms with Crippen molar-refractivity contribution in [1.29, 1.82) is 0 Å². The second-order valence-corrected chi connectivity index (χ2v) is 4.28. The van der Waals surface area contributed by atoms with Crippen LogP contribution in [0.15, 0.2) is 23.0 Å². The van der Waals surface area contributed by atoms with Crippen molar-refractivity contribution >= 4 is 0 Å². The molecule has 4 rings (SSSR count). The number of nitrogens with one attached hydrogen (secondary N) is 1. The summed E-state index contributed by atoms with van der Waals surface area (Å²) in [4.78, 5) is 11.7. The molecule has 0 radical (unpaired) electrons. The van der Waals surface area contributed by atoms with Gasteiger partial charge >= 0.3 is 0 Å². The van der Waals surface area contributed by atoms with Crippen LogP contribution in [0.4, 0.5) is 0 Å². The largest absolute Gasteiger partial charge is 0.312 e. The highest BCUT2D eigenvalue weighted by molar-refractivity contribution is 5.16. The topological polar surface area (TPSA) is 34.0 Å². The van der Waals surface area contributed by atoms with E-state index in [0.29, 0.717) is 12.0 Å². The first-order valence-electron chi connectivity index (χ1n) is 5.28. The Hall–Kier alpha value is -1.09. The number of pyridine rings is 1. The lowest BCUT2D eigenvalue weighted by Crippen LogP contribution is -2.37. The highest BCUT2D eigenvalue weighted by Gasteiger charge is 2.28. The molecule has 1 fully saturated rings. The lowest BCUT2D eigenvalue weighted by atomic mass is 9.94. The van der Waals surface area contributed by atoms with Crippen molar-refractivity contribution in [2.75, 3.05) is 6.54 Å². The van der Waals surface area contributed by atoms with Crippen molar-refractivity contribution in [1.82, 2.24) is 9.88 Å². The minimum Gasteiger partial charge on any atom is -0.312 e. The van der Waals surface area contributed by atoms with E-state index in [2.05, 4.69) is 11.4 Å². The summed E-state index contributed by atoms with van der Waals surface area (Å²) in [6.07, 6.45) is 2.42. The molecule has 1 N–H and O–H groups in total. The van der Waals surface area contributed by atoms with Gasteiger partial charge in [0.15, 0.2) is 0 Å². The van der Waals surface area contributed by atoms with Crippen LogP contribution in [0.3, 0.4) is 0 Å². The van der Waals surface area contributed by atoms with Crippen LogP contribution in [0.25, 0.3) is 0 Å². The lowest BCUT2D eigenvalue weighted by molar-refractivity contribution is 0.373. The third kappa shape index (κ3) is 1.12. The molecule has 14 heavy (non-hydrogen) atoms. The van der Waals surface area contributed by atoms with Gasteiger partial charge in [0.2, 0.25) is 0 Å². The van der Waals surface area contributed by atoms with E-state index in [9.17, 15) is 4.79 Å². The number of piperidine rings is 1. The van der Waals surface area contributed by atoms with E-state index in [1.807, 2.05) is 10.6 Å². The molecule has 74 valence electrons. The van der Waals surface area contributed by atoms with Gasteiger partial charge < -0.3 is 9.88 Å². The maximum absolute atomic E-state index is 11.7. The number of rotatable bonds is 0. The van der Waals surface area contributed by atoms with Gasteiger partial charge in [-0.25, -0.2) is 0 Å². The molecule has 4 heterocycles. The molecule has 2 atom stereocenters. The van der Waals surface area contributed by atoms with Gasteiger partial charge in [0.25, 0.3) is 5.56 Å². The quantitative estimate of drug-likeness (QED) is 0.653. The van der Waals surface area contributed by atoms with E-state index in [4.69, 9.17) is 0 Å². The summed E-state index contributed by atoms with van der Waals surface area (Å²) in [5.41, 5.74) is 1.38. The molecular weight excluding hydrogens is 176 g/mol. The van der Waals surface area contributed by atoms with Gasteiger partial charge in [0, 0.05) is 36.8 Å². The van der Waals surface area contributed by atoms with Gasteiger partial charge in [-0.2, -0.15) is 0 Å². The monoisotopic (exact) mass is 190 g/mol. The fourth-order valence-electron chi connectivity index (χ4n) is 2.63. The first kappa shape index (κ1) is 8.24. The van der Waals surface area contributed by atoms with E-state index < -0.39 is 0 Å². The van der Waals surface area contributed by atoms with E-state index in [0.717, 1.165) is 13.1 Å². The molecular formula is C11H14N2O. The minimum absolute atomic E-state index is 0.156. The molecule has 3 heteroatoms. The Morgan fingerprint density at radius 2 is 2.29 bits per heavy atom. The van der Waals surface area contributed by atoms with Crippen LogP contribution in [-0.2, 0) is 6.54 Å². The Kier molecular flexibility index (Phi) is 1.74. The second-order valence-electron chi connectivity index (χ2n) is 4.28. The van der Waals surface area contributed by atoms with Crippen LogP contribution in [-0.4, -0.2) is 17.2 Å². The molecule has 3 aliphatic rings. The van der Waals surface area contributed by atoms with Crippen molar-refractivity contribution in [3.8, 4) is 0 Å². The zero-order valence-corrected chi connectivity index (χ0v) is 8.07. The van der Waals surface area contributed by atoms with Gasteiger partial charge in [-0.05, 0) is 18.9 Å². The summed E-state index contributed by atoms with van der Waals surface area (Å²) in [6, 6.07) is 6.15. The molecule has 0 aliphatic carbocycles. The summed E-state index contributed by atoms with van der Waals surface area (Å²) >= 11 is 0. The molecule has 0 amide bonds. The molecule has 1 aromatic heterocycles. The SMILES string of the molecule is O=c1cccc2n1CC1CC[C@@H]2CN1. The summed E-state index contributed by atoms with van der Waals surface area (Å²) in [5, 5.41) is 3.50. The van der Waals surface area contributed by atoms with Gasteiger partial charge in [0.05, 0.1) is 0 Å². The molecule has 2 bridgehead atoms. The zero-order valence-electron chi connectivity index (χ0n) is 8.07. The summed E-state index contributed by atoms with van der Waals surface area (Å²) in [5.74, 6) is 0.544. The van der Waals surface area contributed by atoms with E-state index in [-0.39, 0.29) is 5.56 Å². The number of nitrogens with zero attached hydrogens (tertiary/aromatic N) is 1. The first-order valence-corrected chi connectivity index (χ1v) is 5.28. The van der Waals surface area contributed by atoms with Crippen LogP contribution in [0.5, 0.6) is 0 Å². The Balaban J connectivity index is 2.19. The lowest BCUT2D eigenvalue weighted by Gasteiger charge is -2.23. The molecule has 1 aromatic rings. The fraction of sp³-hybridized carbons (Fsp3) is 0.545. The van der Waals surface area contributed by atoms with Crippen LogP contribution in [0, 0.1) is 0 Å². The van der Waals surface area contributed by atoms with Gasteiger partial charge in [-0.1, -0.05) is 6.07 Å². The second kappa shape index (κ2) is 2.95.